The van der Waals surface area contributed by atoms with E-state index < -0.39 is 0 Å². The van der Waals surface area contributed by atoms with Crippen LogP contribution in [0.4, 0.5) is 0 Å². The van der Waals surface area contributed by atoms with E-state index in [9.17, 15) is 5.11 Å². The monoisotopic (exact) mass is 288 g/mol. The predicted molar refractivity (Wildman–Crippen MR) is 86.7 cm³/mol. The Kier molecular flexibility index (Phi) is 13.6. The van der Waals surface area contributed by atoms with Crippen LogP contribution in [-0.2, 0) is 0 Å². The van der Waals surface area contributed by atoms with Gasteiger partial charge in [-0.1, -0.05) is 13.8 Å². The maximum atomic E-state index is 9.79. The third-order valence-electron chi connectivity index (χ3n) is 3.67. The first-order valence-electron chi connectivity index (χ1n) is 8.09. The highest BCUT2D eigenvalue weighted by molar-refractivity contribution is 4.64. The average Bonchev–Trinajstić information content (AvgIpc) is 2.45. The second-order valence-corrected chi connectivity index (χ2v) is 6.03. The van der Waals surface area contributed by atoms with Gasteiger partial charge in [0.25, 0.3) is 0 Å². The van der Waals surface area contributed by atoms with Crippen LogP contribution in [0.15, 0.2) is 0 Å². The zero-order chi connectivity index (χ0) is 15.2. The Labute approximate surface area is 124 Å². The molecule has 20 heavy (non-hydrogen) atoms. The van der Waals surface area contributed by atoms with Gasteiger partial charge in [0, 0.05) is 13.1 Å². The summed E-state index contributed by atoms with van der Waals surface area (Å²) >= 11 is 0. The Hall–Kier alpha value is -0.200. The van der Waals surface area contributed by atoms with Crippen LogP contribution in [0.25, 0.3) is 0 Å². The maximum Gasteiger partial charge on any atom is 0.0788 e. The zero-order valence-electron chi connectivity index (χ0n) is 13.4. The lowest BCUT2D eigenvalue weighted by Crippen LogP contribution is -2.36. The molecule has 0 rings (SSSR count). The number of hydrogen-bond acceptors (Lipinski definition) is 5. The molecular formula is C15H36N4O. The minimum absolute atomic E-state index is 0.311. The van der Waals surface area contributed by atoms with E-state index in [4.69, 9.17) is 11.5 Å². The summed E-state index contributed by atoms with van der Waals surface area (Å²) in [6, 6.07) is 0. The van der Waals surface area contributed by atoms with Crippen molar-refractivity contribution in [1.29, 1.82) is 0 Å². The Balaban J connectivity index is 3.26. The van der Waals surface area contributed by atoms with Crippen molar-refractivity contribution in [1.82, 2.24) is 10.6 Å². The third-order valence-corrected chi connectivity index (χ3v) is 3.67. The molecule has 0 aromatic carbocycles. The van der Waals surface area contributed by atoms with Gasteiger partial charge in [-0.15, -0.1) is 0 Å². The molecule has 0 aromatic rings. The van der Waals surface area contributed by atoms with Crippen molar-refractivity contribution >= 4 is 0 Å². The normalized spacial score (nSPS) is 16.1. The molecule has 0 amide bonds. The summed E-state index contributed by atoms with van der Waals surface area (Å²) in [6.07, 6.45) is 4.23. The minimum atomic E-state index is -0.311. The van der Waals surface area contributed by atoms with Crippen molar-refractivity contribution in [2.24, 2.45) is 23.3 Å². The molecule has 0 heterocycles. The highest BCUT2D eigenvalue weighted by Gasteiger charge is 2.04. The summed E-state index contributed by atoms with van der Waals surface area (Å²) in [6.45, 7) is 9.08. The van der Waals surface area contributed by atoms with Gasteiger partial charge in [0.15, 0.2) is 0 Å². The molecule has 2 atom stereocenters. The molecule has 2 unspecified atom stereocenters. The van der Waals surface area contributed by atoms with Gasteiger partial charge in [-0.3, -0.25) is 0 Å². The van der Waals surface area contributed by atoms with Crippen molar-refractivity contribution in [2.45, 2.75) is 45.6 Å². The lowest BCUT2D eigenvalue weighted by Gasteiger charge is -2.14. The molecule has 0 radical (unpaired) electrons. The van der Waals surface area contributed by atoms with Crippen molar-refractivity contribution in [3.8, 4) is 0 Å². The highest BCUT2D eigenvalue weighted by Crippen LogP contribution is 2.02. The summed E-state index contributed by atoms with van der Waals surface area (Å²) in [5, 5.41) is 16.4. The molecule has 122 valence electrons. The van der Waals surface area contributed by atoms with Crippen LogP contribution in [0.1, 0.15) is 39.5 Å². The minimum Gasteiger partial charge on any atom is -0.390 e. The smallest absolute Gasteiger partial charge is 0.0788 e. The fourth-order valence-corrected chi connectivity index (χ4v) is 2.00. The Morgan fingerprint density at radius 1 is 0.850 bits per heavy atom. The summed E-state index contributed by atoms with van der Waals surface area (Å²) in [7, 11) is 0. The molecule has 7 N–H and O–H groups in total. The van der Waals surface area contributed by atoms with Crippen LogP contribution in [0, 0.1) is 11.8 Å². The van der Waals surface area contributed by atoms with E-state index in [1.807, 2.05) is 0 Å². The van der Waals surface area contributed by atoms with E-state index in [0.29, 0.717) is 24.9 Å². The molecule has 5 nitrogen and oxygen atoms in total. The van der Waals surface area contributed by atoms with Crippen molar-refractivity contribution in [3.63, 3.8) is 0 Å². The molecule has 5 heteroatoms. The second-order valence-electron chi connectivity index (χ2n) is 6.03. The van der Waals surface area contributed by atoms with Gasteiger partial charge < -0.3 is 27.2 Å². The lowest BCUT2D eigenvalue weighted by molar-refractivity contribution is 0.168. The van der Waals surface area contributed by atoms with Gasteiger partial charge in [0.1, 0.15) is 0 Å². The predicted octanol–water partition coefficient (Wildman–Crippen LogP) is 0.277. The maximum absolute atomic E-state index is 9.79. The van der Waals surface area contributed by atoms with E-state index in [1.54, 1.807) is 0 Å². The summed E-state index contributed by atoms with van der Waals surface area (Å²) < 4.78 is 0. The molecule has 0 aromatic heterocycles. The molecule has 0 aliphatic heterocycles. The van der Waals surface area contributed by atoms with Crippen LogP contribution >= 0.6 is 0 Å². The van der Waals surface area contributed by atoms with Gasteiger partial charge in [-0.05, 0) is 63.7 Å². The SMILES string of the molecule is CC(CN)CCCNCC(O)CNCCCC(C)CN. The largest absolute Gasteiger partial charge is 0.390 e. The number of rotatable bonds is 14. The van der Waals surface area contributed by atoms with Crippen LogP contribution in [-0.4, -0.2) is 50.5 Å². The quantitative estimate of drug-likeness (QED) is 0.296. The molecule has 0 aliphatic rings. The average molecular weight is 288 g/mol. The molecular weight excluding hydrogens is 252 g/mol. The van der Waals surface area contributed by atoms with Crippen LogP contribution in [0.5, 0.6) is 0 Å². The summed E-state index contributed by atoms with van der Waals surface area (Å²) in [4.78, 5) is 0. The van der Waals surface area contributed by atoms with Crippen LogP contribution in [0.2, 0.25) is 0 Å². The van der Waals surface area contributed by atoms with Gasteiger partial charge in [-0.2, -0.15) is 0 Å². The molecule has 0 bridgehead atoms. The first-order chi connectivity index (χ1) is 9.60. The van der Waals surface area contributed by atoms with Crippen molar-refractivity contribution in [2.75, 3.05) is 39.3 Å². The Bertz CT molecular complexity index is 184. The first-order valence-corrected chi connectivity index (χ1v) is 8.09. The molecule has 0 spiro atoms. The van der Waals surface area contributed by atoms with E-state index in [0.717, 1.165) is 51.9 Å². The van der Waals surface area contributed by atoms with Crippen molar-refractivity contribution in [3.05, 3.63) is 0 Å². The van der Waals surface area contributed by atoms with Crippen LogP contribution in [0.3, 0.4) is 0 Å². The van der Waals surface area contributed by atoms with E-state index in [-0.39, 0.29) is 6.10 Å². The number of aliphatic hydroxyl groups excluding tert-OH is 1. The molecule has 0 aliphatic carbocycles. The van der Waals surface area contributed by atoms with Crippen LogP contribution < -0.4 is 22.1 Å². The first kappa shape index (κ1) is 19.8. The van der Waals surface area contributed by atoms with E-state index in [2.05, 4.69) is 24.5 Å². The number of hydrogen-bond donors (Lipinski definition) is 5. The molecule has 0 saturated heterocycles. The van der Waals surface area contributed by atoms with Gasteiger partial charge in [0.05, 0.1) is 6.10 Å². The number of nitrogens with one attached hydrogen (secondary N) is 2. The summed E-state index contributed by atoms with van der Waals surface area (Å²) in [5.74, 6) is 1.19. The Morgan fingerprint density at radius 2 is 1.25 bits per heavy atom. The standard InChI is InChI=1S/C15H36N4O/c1-13(9-16)5-3-7-18-11-15(20)12-19-8-4-6-14(2)10-17/h13-15,18-20H,3-12,16-17H2,1-2H3. The molecule has 0 fully saturated rings. The highest BCUT2D eigenvalue weighted by atomic mass is 16.3. The van der Waals surface area contributed by atoms with Gasteiger partial charge >= 0.3 is 0 Å². The third kappa shape index (κ3) is 12.8. The number of aliphatic hydroxyl groups is 1. The summed E-state index contributed by atoms with van der Waals surface area (Å²) in [5.41, 5.74) is 11.1. The fraction of sp³-hybridized carbons (Fsp3) is 1.00. The van der Waals surface area contributed by atoms with Crippen molar-refractivity contribution < 1.29 is 5.11 Å². The van der Waals surface area contributed by atoms with Gasteiger partial charge in [0.2, 0.25) is 0 Å². The fourth-order valence-electron chi connectivity index (χ4n) is 2.00. The lowest BCUT2D eigenvalue weighted by atomic mass is 10.1. The Morgan fingerprint density at radius 3 is 1.60 bits per heavy atom. The van der Waals surface area contributed by atoms with E-state index >= 15 is 0 Å². The molecule has 0 saturated carbocycles. The van der Waals surface area contributed by atoms with E-state index in [1.165, 1.54) is 0 Å². The topological polar surface area (TPSA) is 96.3 Å². The zero-order valence-corrected chi connectivity index (χ0v) is 13.4. The number of nitrogens with two attached hydrogens (primary N) is 2. The second kappa shape index (κ2) is 13.8. The van der Waals surface area contributed by atoms with Gasteiger partial charge in [-0.25, -0.2) is 0 Å².